The van der Waals surface area contributed by atoms with E-state index in [1.165, 1.54) is 11.1 Å². The van der Waals surface area contributed by atoms with Crippen LogP contribution in [0, 0.1) is 13.8 Å². The molecule has 2 atom stereocenters. The summed E-state index contributed by atoms with van der Waals surface area (Å²) in [5, 5.41) is 0. The second-order valence-electron chi connectivity index (χ2n) is 5.69. The van der Waals surface area contributed by atoms with Gasteiger partial charge in [0.2, 0.25) is 0 Å². The monoisotopic (exact) mass is 356 g/mol. The number of cyclic esters (lactones) is 1. The highest BCUT2D eigenvalue weighted by Crippen LogP contribution is 2.47. The first-order chi connectivity index (χ1) is 10.5. The zero-order valence-corrected chi connectivity index (χ0v) is 14.2. The number of carbonyl (C=O) groups excluding carboxylic acids is 1. The molecule has 3 heteroatoms. The Morgan fingerprint density at radius 2 is 1.82 bits per heavy atom. The molecule has 1 fully saturated rings. The Morgan fingerprint density at radius 1 is 1.09 bits per heavy atom. The molecular formula is C19H17BrO2. The number of hydrogen-bond donors (Lipinski definition) is 0. The van der Waals surface area contributed by atoms with Crippen LogP contribution < -0.4 is 0 Å². The molecule has 1 aliphatic heterocycles. The number of benzene rings is 2. The first-order valence-electron chi connectivity index (χ1n) is 7.20. The summed E-state index contributed by atoms with van der Waals surface area (Å²) in [4.78, 5) is 12.1. The lowest BCUT2D eigenvalue weighted by molar-refractivity contribution is -0.139. The number of rotatable bonds is 2. The average Bonchev–Trinajstić information content (AvgIpc) is 2.79. The van der Waals surface area contributed by atoms with Crippen LogP contribution in [-0.4, -0.2) is 5.97 Å². The normalized spacial score (nSPS) is 21.0. The second-order valence-corrected chi connectivity index (χ2v) is 6.55. The molecule has 0 unspecified atom stereocenters. The molecule has 0 saturated carbocycles. The molecule has 0 aromatic heterocycles. The number of aryl methyl sites for hydroxylation is 2. The summed E-state index contributed by atoms with van der Waals surface area (Å²) in [6.45, 7) is 8.10. The van der Waals surface area contributed by atoms with Gasteiger partial charge in [-0.3, -0.25) is 0 Å². The Morgan fingerprint density at radius 3 is 2.50 bits per heavy atom. The standard InChI is InChI=1S/C19H17BrO2/c1-11-8-9-14(10-12(11)2)18-17(13(3)19(21)22-18)15-6-4-5-7-16(15)20/h4-10,17-18H,3H2,1-2H3/t17-,18+/m0/s1. The highest BCUT2D eigenvalue weighted by atomic mass is 79.9. The average molecular weight is 357 g/mol. The van der Waals surface area contributed by atoms with Gasteiger partial charge in [-0.25, -0.2) is 4.79 Å². The molecule has 0 amide bonds. The number of esters is 1. The summed E-state index contributed by atoms with van der Waals surface area (Å²) >= 11 is 3.57. The van der Waals surface area contributed by atoms with Crippen molar-refractivity contribution in [1.29, 1.82) is 0 Å². The van der Waals surface area contributed by atoms with Gasteiger partial charge in [0.25, 0.3) is 0 Å². The summed E-state index contributed by atoms with van der Waals surface area (Å²) in [7, 11) is 0. The van der Waals surface area contributed by atoms with Crippen molar-refractivity contribution in [3.05, 3.63) is 81.3 Å². The molecule has 1 heterocycles. The maximum absolute atomic E-state index is 12.1. The Balaban J connectivity index is 2.09. The zero-order valence-electron chi connectivity index (χ0n) is 12.6. The van der Waals surface area contributed by atoms with Gasteiger partial charge in [0.15, 0.2) is 0 Å². The predicted molar refractivity (Wildman–Crippen MR) is 90.8 cm³/mol. The lowest BCUT2D eigenvalue weighted by atomic mass is 9.85. The van der Waals surface area contributed by atoms with Gasteiger partial charge in [-0.15, -0.1) is 0 Å². The molecule has 0 spiro atoms. The third kappa shape index (κ3) is 2.50. The first-order valence-corrected chi connectivity index (χ1v) is 7.99. The molecule has 2 aromatic rings. The Hall–Kier alpha value is -1.87. The highest BCUT2D eigenvalue weighted by Gasteiger charge is 2.41. The van der Waals surface area contributed by atoms with Crippen molar-refractivity contribution >= 4 is 21.9 Å². The molecule has 2 nitrogen and oxygen atoms in total. The van der Waals surface area contributed by atoms with Crippen LogP contribution >= 0.6 is 15.9 Å². The van der Waals surface area contributed by atoms with E-state index in [2.05, 4.69) is 48.5 Å². The van der Waals surface area contributed by atoms with Gasteiger partial charge in [0, 0.05) is 10.0 Å². The van der Waals surface area contributed by atoms with Crippen LogP contribution in [0.5, 0.6) is 0 Å². The van der Waals surface area contributed by atoms with Crippen LogP contribution in [0.2, 0.25) is 0 Å². The molecule has 2 aromatic carbocycles. The summed E-state index contributed by atoms with van der Waals surface area (Å²) in [5.41, 5.74) is 4.97. The molecule has 0 bridgehead atoms. The van der Waals surface area contributed by atoms with Gasteiger partial charge >= 0.3 is 5.97 Å². The van der Waals surface area contributed by atoms with Crippen LogP contribution in [0.4, 0.5) is 0 Å². The molecule has 3 rings (SSSR count). The van der Waals surface area contributed by atoms with Gasteiger partial charge in [-0.1, -0.05) is 58.9 Å². The van der Waals surface area contributed by atoms with Crippen LogP contribution in [-0.2, 0) is 9.53 Å². The SMILES string of the molecule is C=C1C(=O)O[C@H](c2ccc(C)c(C)c2)[C@@H]1c1ccccc1Br. The molecular weight excluding hydrogens is 340 g/mol. The fourth-order valence-electron chi connectivity index (χ4n) is 2.85. The van der Waals surface area contributed by atoms with Gasteiger partial charge < -0.3 is 4.74 Å². The van der Waals surface area contributed by atoms with Gasteiger partial charge in [0.05, 0.1) is 5.92 Å². The van der Waals surface area contributed by atoms with E-state index < -0.39 is 0 Å². The number of halogens is 1. The quantitative estimate of drug-likeness (QED) is 0.558. The number of ether oxygens (including phenoxy) is 1. The van der Waals surface area contributed by atoms with E-state index in [-0.39, 0.29) is 18.0 Å². The Kier molecular flexibility index (Phi) is 3.92. The molecule has 0 N–H and O–H groups in total. The first kappa shape index (κ1) is 15.0. The van der Waals surface area contributed by atoms with Gasteiger partial charge in [-0.2, -0.15) is 0 Å². The molecule has 22 heavy (non-hydrogen) atoms. The second kappa shape index (κ2) is 5.73. The van der Waals surface area contributed by atoms with Crippen LogP contribution in [0.15, 0.2) is 59.1 Å². The molecule has 1 aliphatic rings. The van der Waals surface area contributed by atoms with Crippen molar-refractivity contribution < 1.29 is 9.53 Å². The fourth-order valence-corrected chi connectivity index (χ4v) is 3.38. The van der Waals surface area contributed by atoms with E-state index in [9.17, 15) is 4.79 Å². The van der Waals surface area contributed by atoms with E-state index in [0.717, 1.165) is 15.6 Å². The van der Waals surface area contributed by atoms with E-state index >= 15 is 0 Å². The van der Waals surface area contributed by atoms with E-state index in [4.69, 9.17) is 4.74 Å². The smallest absolute Gasteiger partial charge is 0.334 e. The van der Waals surface area contributed by atoms with Gasteiger partial charge in [-0.05, 0) is 42.2 Å². The van der Waals surface area contributed by atoms with Crippen LogP contribution in [0.1, 0.15) is 34.3 Å². The lowest BCUT2D eigenvalue weighted by Crippen LogP contribution is -2.08. The van der Waals surface area contributed by atoms with E-state index in [1.54, 1.807) is 0 Å². The molecule has 1 saturated heterocycles. The highest BCUT2D eigenvalue weighted by molar-refractivity contribution is 9.10. The minimum absolute atomic E-state index is 0.162. The topological polar surface area (TPSA) is 26.3 Å². The summed E-state index contributed by atoms with van der Waals surface area (Å²) in [6.07, 6.45) is -0.321. The van der Waals surface area contributed by atoms with Crippen molar-refractivity contribution in [2.24, 2.45) is 0 Å². The van der Waals surface area contributed by atoms with Crippen molar-refractivity contribution in [3.63, 3.8) is 0 Å². The Labute approximate surface area is 138 Å². The van der Waals surface area contributed by atoms with Gasteiger partial charge in [0.1, 0.15) is 6.10 Å². The lowest BCUT2D eigenvalue weighted by Gasteiger charge is -2.20. The van der Waals surface area contributed by atoms with Crippen LogP contribution in [0.25, 0.3) is 0 Å². The number of carbonyl (C=O) groups is 1. The zero-order chi connectivity index (χ0) is 15.9. The maximum atomic E-state index is 12.1. The van der Waals surface area contributed by atoms with Crippen molar-refractivity contribution in [2.45, 2.75) is 25.9 Å². The third-order valence-electron chi connectivity index (χ3n) is 4.27. The van der Waals surface area contributed by atoms with Crippen molar-refractivity contribution in [2.75, 3.05) is 0 Å². The van der Waals surface area contributed by atoms with Crippen molar-refractivity contribution in [3.8, 4) is 0 Å². The van der Waals surface area contributed by atoms with E-state index in [1.807, 2.05) is 30.3 Å². The summed E-state index contributed by atoms with van der Waals surface area (Å²) in [6, 6.07) is 14.1. The molecule has 0 aliphatic carbocycles. The van der Waals surface area contributed by atoms with Crippen molar-refractivity contribution in [1.82, 2.24) is 0 Å². The molecule has 0 radical (unpaired) electrons. The Bertz CT molecular complexity index is 764. The number of hydrogen-bond acceptors (Lipinski definition) is 2. The summed E-state index contributed by atoms with van der Waals surface area (Å²) in [5.74, 6) is -0.478. The fraction of sp³-hybridized carbons (Fsp3) is 0.211. The minimum atomic E-state index is -0.321. The largest absolute Gasteiger partial charge is 0.453 e. The maximum Gasteiger partial charge on any atom is 0.334 e. The third-order valence-corrected chi connectivity index (χ3v) is 5.00. The van der Waals surface area contributed by atoms with E-state index in [0.29, 0.717) is 5.57 Å². The van der Waals surface area contributed by atoms with Crippen LogP contribution in [0.3, 0.4) is 0 Å². The molecule has 112 valence electrons. The summed E-state index contributed by atoms with van der Waals surface area (Å²) < 4.78 is 6.58. The minimum Gasteiger partial charge on any atom is -0.453 e. The predicted octanol–water partition coefficient (Wildman–Crippen LogP) is 5.00.